The van der Waals surface area contributed by atoms with E-state index in [1.54, 1.807) is 14.0 Å². The Bertz CT molecular complexity index is 918. The maximum atomic E-state index is 13.1. The fourth-order valence-corrected chi connectivity index (χ4v) is 5.40. The molecule has 1 saturated carbocycles. The molecule has 4 rings (SSSR count). The standard InChI is InChI=1S/C25H41N7O3/c1-4-11-30-13-15-31(16-14-30)12-7-10-26-22(33)20-17-21-23(34)29(3)25(2,18-32(21)28-20)24(35)27-19-8-5-6-9-19/h17,19H,4-16,18H2,1-3H3,(H,26,33)(H,27,35)/t25-/m0/s1. The zero-order valence-corrected chi connectivity index (χ0v) is 21.5. The zero-order valence-electron chi connectivity index (χ0n) is 21.5. The molecular weight excluding hydrogens is 446 g/mol. The molecule has 2 fully saturated rings. The summed E-state index contributed by atoms with van der Waals surface area (Å²) in [7, 11) is 1.65. The van der Waals surface area contributed by atoms with Gasteiger partial charge in [-0.15, -0.1) is 0 Å². The van der Waals surface area contributed by atoms with Crippen LogP contribution >= 0.6 is 0 Å². The van der Waals surface area contributed by atoms with E-state index in [0.29, 0.717) is 12.2 Å². The van der Waals surface area contributed by atoms with E-state index >= 15 is 0 Å². The molecule has 0 aromatic carbocycles. The molecule has 10 nitrogen and oxygen atoms in total. The number of piperazine rings is 1. The highest BCUT2D eigenvalue weighted by molar-refractivity contribution is 6.01. The average Bonchev–Trinajstić information content (AvgIpc) is 3.51. The monoisotopic (exact) mass is 487 g/mol. The van der Waals surface area contributed by atoms with Crippen molar-refractivity contribution in [2.75, 3.05) is 52.9 Å². The zero-order chi connectivity index (χ0) is 25.0. The van der Waals surface area contributed by atoms with Gasteiger partial charge in [-0.25, -0.2) is 0 Å². The number of hydrogen-bond acceptors (Lipinski definition) is 6. The van der Waals surface area contributed by atoms with Gasteiger partial charge in [-0.2, -0.15) is 5.10 Å². The van der Waals surface area contributed by atoms with Crippen LogP contribution in [-0.4, -0.2) is 107 Å². The van der Waals surface area contributed by atoms with E-state index in [0.717, 1.165) is 64.8 Å². The van der Waals surface area contributed by atoms with Crippen molar-refractivity contribution in [3.63, 3.8) is 0 Å². The van der Waals surface area contributed by atoms with Crippen molar-refractivity contribution in [1.82, 2.24) is 35.1 Å². The smallest absolute Gasteiger partial charge is 0.272 e. The van der Waals surface area contributed by atoms with Crippen molar-refractivity contribution >= 4 is 17.7 Å². The van der Waals surface area contributed by atoms with Gasteiger partial charge in [0.25, 0.3) is 11.8 Å². The van der Waals surface area contributed by atoms with Crippen molar-refractivity contribution in [2.45, 2.75) is 70.5 Å². The van der Waals surface area contributed by atoms with Crippen LogP contribution in [0.1, 0.15) is 73.3 Å². The second-order valence-electron chi connectivity index (χ2n) is 10.5. The van der Waals surface area contributed by atoms with Crippen LogP contribution in [0.2, 0.25) is 0 Å². The molecule has 2 aliphatic heterocycles. The van der Waals surface area contributed by atoms with Crippen molar-refractivity contribution in [2.24, 2.45) is 0 Å². The van der Waals surface area contributed by atoms with Crippen LogP contribution in [0.3, 0.4) is 0 Å². The number of carbonyl (C=O) groups excluding carboxylic acids is 3. The lowest BCUT2D eigenvalue weighted by atomic mass is 9.95. The number of likely N-dealkylation sites (N-methyl/N-ethyl adjacent to an activating group) is 1. The molecule has 3 amide bonds. The van der Waals surface area contributed by atoms with E-state index < -0.39 is 5.54 Å². The van der Waals surface area contributed by atoms with Gasteiger partial charge in [0, 0.05) is 51.9 Å². The van der Waals surface area contributed by atoms with Crippen LogP contribution in [0, 0.1) is 0 Å². The van der Waals surface area contributed by atoms with Crippen molar-refractivity contribution in [1.29, 1.82) is 0 Å². The minimum Gasteiger partial charge on any atom is -0.351 e. The third kappa shape index (κ3) is 5.69. The predicted molar refractivity (Wildman–Crippen MR) is 133 cm³/mol. The number of amides is 3. The number of nitrogens with one attached hydrogen (secondary N) is 2. The van der Waals surface area contributed by atoms with Crippen LogP contribution in [-0.2, 0) is 11.3 Å². The summed E-state index contributed by atoms with van der Waals surface area (Å²) in [5, 5.41) is 10.4. The highest BCUT2D eigenvalue weighted by Crippen LogP contribution is 2.27. The Kier molecular flexibility index (Phi) is 8.11. The summed E-state index contributed by atoms with van der Waals surface area (Å²) < 4.78 is 1.52. The van der Waals surface area contributed by atoms with Gasteiger partial charge < -0.3 is 25.3 Å². The predicted octanol–water partition coefficient (Wildman–Crippen LogP) is 0.934. The molecule has 10 heteroatoms. The first-order chi connectivity index (χ1) is 16.8. The van der Waals surface area contributed by atoms with Crippen LogP contribution in [0.15, 0.2) is 6.07 Å². The van der Waals surface area contributed by atoms with E-state index in [4.69, 9.17) is 0 Å². The van der Waals surface area contributed by atoms with E-state index in [-0.39, 0.29) is 36.0 Å². The van der Waals surface area contributed by atoms with E-state index in [9.17, 15) is 14.4 Å². The Morgan fingerprint density at radius 2 is 1.77 bits per heavy atom. The lowest BCUT2D eigenvalue weighted by molar-refractivity contribution is -0.133. The van der Waals surface area contributed by atoms with Crippen LogP contribution in [0.5, 0.6) is 0 Å². The number of fused-ring (bicyclic) bond motifs is 1. The second kappa shape index (κ2) is 11.1. The van der Waals surface area contributed by atoms with Crippen molar-refractivity contribution in [3.05, 3.63) is 17.5 Å². The molecule has 2 N–H and O–H groups in total. The molecule has 1 saturated heterocycles. The quantitative estimate of drug-likeness (QED) is 0.503. The summed E-state index contributed by atoms with van der Waals surface area (Å²) in [4.78, 5) is 45.3. The molecule has 1 aromatic heterocycles. The minimum absolute atomic E-state index is 0.164. The fraction of sp³-hybridized carbons (Fsp3) is 0.760. The first kappa shape index (κ1) is 25.6. The number of hydrogen-bond donors (Lipinski definition) is 2. The molecule has 35 heavy (non-hydrogen) atoms. The molecule has 1 aromatic rings. The third-order valence-corrected chi connectivity index (χ3v) is 7.86. The summed E-state index contributed by atoms with van der Waals surface area (Å²) in [6.07, 6.45) is 6.26. The lowest BCUT2D eigenvalue weighted by Crippen LogP contribution is -2.63. The van der Waals surface area contributed by atoms with Crippen LogP contribution in [0.4, 0.5) is 0 Å². The Morgan fingerprint density at radius 1 is 1.11 bits per heavy atom. The van der Waals surface area contributed by atoms with Gasteiger partial charge in [-0.05, 0) is 45.7 Å². The minimum atomic E-state index is -1.05. The van der Waals surface area contributed by atoms with Gasteiger partial charge in [-0.1, -0.05) is 19.8 Å². The number of aromatic nitrogens is 2. The van der Waals surface area contributed by atoms with Crippen molar-refractivity contribution in [3.8, 4) is 0 Å². The van der Waals surface area contributed by atoms with E-state index in [1.807, 2.05) is 0 Å². The van der Waals surface area contributed by atoms with Gasteiger partial charge in [-0.3, -0.25) is 19.1 Å². The molecule has 0 unspecified atom stereocenters. The Hall–Kier alpha value is -2.46. The molecule has 0 spiro atoms. The highest BCUT2D eigenvalue weighted by Gasteiger charge is 2.46. The average molecular weight is 488 g/mol. The normalized spacial score (nSPS) is 24.0. The maximum absolute atomic E-state index is 13.1. The molecule has 1 aliphatic carbocycles. The second-order valence-corrected chi connectivity index (χ2v) is 10.5. The third-order valence-electron chi connectivity index (χ3n) is 7.86. The summed E-state index contributed by atoms with van der Waals surface area (Å²) in [6, 6.07) is 1.71. The van der Waals surface area contributed by atoms with Gasteiger partial charge in [0.05, 0.1) is 6.54 Å². The SMILES string of the molecule is CCCN1CCN(CCCNC(=O)c2cc3n(n2)C[C@@](C)(C(=O)NC2CCCC2)N(C)C3=O)CC1. The summed E-state index contributed by atoms with van der Waals surface area (Å²) >= 11 is 0. The van der Waals surface area contributed by atoms with Gasteiger partial charge in [0.2, 0.25) is 5.91 Å². The van der Waals surface area contributed by atoms with Crippen molar-refractivity contribution < 1.29 is 14.4 Å². The first-order valence-corrected chi connectivity index (χ1v) is 13.2. The Morgan fingerprint density at radius 3 is 2.43 bits per heavy atom. The Labute approximate surface area is 208 Å². The molecule has 194 valence electrons. The van der Waals surface area contributed by atoms with Gasteiger partial charge in [0.15, 0.2) is 5.69 Å². The topological polar surface area (TPSA) is 103 Å². The molecular formula is C25H41N7O3. The van der Waals surface area contributed by atoms with E-state index in [1.165, 1.54) is 28.6 Å². The molecule has 3 aliphatic rings. The molecule has 1 atom stereocenters. The summed E-state index contributed by atoms with van der Waals surface area (Å²) in [5.74, 6) is -0.746. The van der Waals surface area contributed by atoms with Gasteiger partial charge in [0.1, 0.15) is 11.2 Å². The summed E-state index contributed by atoms with van der Waals surface area (Å²) in [5.41, 5.74) is -0.489. The van der Waals surface area contributed by atoms with E-state index in [2.05, 4.69) is 32.5 Å². The van der Waals surface area contributed by atoms with Crippen LogP contribution < -0.4 is 10.6 Å². The number of rotatable bonds is 9. The highest BCUT2D eigenvalue weighted by atomic mass is 16.2. The molecule has 0 bridgehead atoms. The summed E-state index contributed by atoms with van der Waals surface area (Å²) in [6.45, 7) is 11.3. The van der Waals surface area contributed by atoms with Gasteiger partial charge >= 0.3 is 0 Å². The molecule has 3 heterocycles. The number of nitrogens with zero attached hydrogens (tertiary/aromatic N) is 5. The molecule has 0 radical (unpaired) electrons. The van der Waals surface area contributed by atoms with Crippen LogP contribution in [0.25, 0.3) is 0 Å². The largest absolute Gasteiger partial charge is 0.351 e. The maximum Gasteiger partial charge on any atom is 0.272 e. The number of carbonyl (C=O) groups is 3. The Balaban J connectivity index is 1.29. The first-order valence-electron chi connectivity index (χ1n) is 13.2. The fourth-order valence-electron chi connectivity index (χ4n) is 5.40. The lowest BCUT2D eigenvalue weighted by Gasteiger charge is -2.41.